The fourth-order valence-corrected chi connectivity index (χ4v) is 3.50. The molecule has 2 aromatic rings. The van der Waals surface area contributed by atoms with Crippen LogP contribution in [-0.4, -0.2) is 28.3 Å². The molecule has 0 radical (unpaired) electrons. The molecular formula is C19H13BrN2O5. The van der Waals surface area contributed by atoms with Crippen LogP contribution in [0.25, 0.3) is 0 Å². The number of carbonyl (C=O) groups excluding carboxylic acids is 2. The van der Waals surface area contributed by atoms with Gasteiger partial charge in [0.25, 0.3) is 11.6 Å². The number of fused-ring (bicyclic) bond motifs is 1. The smallest absolute Gasteiger partial charge is 0.280 e. The second-order valence-corrected chi connectivity index (χ2v) is 6.91. The molecule has 1 amide bonds. The van der Waals surface area contributed by atoms with Gasteiger partial charge < -0.3 is 5.11 Å². The highest BCUT2D eigenvalue weighted by atomic mass is 79.9. The number of halogens is 1. The van der Waals surface area contributed by atoms with Gasteiger partial charge in [-0.2, -0.15) is 0 Å². The number of nitrogens with zero attached hydrogens (tertiary/aromatic N) is 2. The molecule has 1 N–H and O–H groups in total. The summed E-state index contributed by atoms with van der Waals surface area (Å²) in [6, 6.07) is 10.2. The van der Waals surface area contributed by atoms with Crippen molar-refractivity contribution in [2.45, 2.75) is 12.0 Å². The van der Waals surface area contributed by atoms with E-state index < -0.39 is 28.6 Å². The van der Waals surface area contributed by atoms with Gasteiger partial charge in [0.2, 0.25) is 0 Å². The van der Waals surface area contributed by atoms with Crippen LogP contribution in [0.2, 0.25) is 0 Å². The number of para-hydroxylation sites is 1. The molecule has 0 unspecified atom stereocenters. The third-order valence-electron chi connectivity index (χ3n) is 4.36. The first-order valence-corrected chi connectivity index (χ1v) is 8.63. The van der Waals surface area contributed by atoms with Crippen molar-refractivity contribution in [3.63, 3.8) is 0 Å². The first kappa shape index (κ1) is 18.8. The lowest BCUT2D eigenvalue weighted by atomic mass is 9.88. The van der Waals surface area contributed by atoms with Crippen LogP contribution >= 0.6 is 15.9 Å². The van der Waals surface area contributed by atoms with Crippen LogP contribution < -0.4 is 4.90 Å². The Hall–Kier alpha value is -3.02. The maximum absolute atomic E-state index is 12.9. The number of rotatable bonds is 5. The van der Waals surface area contributed by atoms with E-state index in [1.807, 2.05) is 0 Å². The Morgan fingerprint density at radius 2 is 2.04 bits per heavy atom. The van der Waals surface area contributed by atoms with E-state index in [0.717, 1.165) is 0 Å². The lowest BCUT2D eigenvalue weighted by Gasteiger charge is -2.21. The van der Waals surface area contributed by atoms with E-state index in [9.17, 15) is 24.8 Å². The predicted octanol–water partition coefficient (Wildman–Crippen LogP) is 2.80. The Labute approximate surface area is 162 Å². The maximum Gasteiger partial charge on any atom is 0.280 e. The van der Waals surface area contributed by atoms with Crippen molar-refractivity contribution in [2.24, 2.45) is 0 Å². The number of nitro benzene ring substituents is 1. The van der Waals surface area contributed by atoms with Gasteiger partial charge in [0.1, 0.15) is 0 Å². The minimum absolute atomic E-state index is 0.0740. The Bertz CT molecular complexity index is 1010. The second kappa shape index (κ2) is 6.95. The number of nitro groups is 1. The molecule has 0 fully saturated rings. The number of hydrogen-bond donors (Lipinski definition) is 1. The molecule has 0 saturated heterocycles. The van der Waals surface area contributed by atoms with E-state index in [1.165, 1.54) is 35.2 Å². The van der Waals surface area contributed by atoms with Crippen LogP contribution in [-0.2, 0) is 10.4 Å². The third kappa shape index (κ3) is 3.12. The summed E-state index contributed by atoms with van der Waals surface area (Å²) in [5, 5.41) is 22.3. The molecule has 0 spiro atoms. The number of amides is 1. The van der Waals surface area contributed by atoms with Crippen molar-refractivity contribution >= 4 is 39.0 Å². The first-order chi connectivity index (χ1) is 12.8. The number of terminal acetylenes is 1. The van der Waals surface area contributed by atoms with Crippen LogP contribution in [0.4, 0.5) is 11.4 Å². The van der Waals surface area contributed by atoms with Gasteiger partial charge in [0.15, 0.2) is 11.4 Å². The van der Waals surface area contributed by atoms with Crippen molar-refractivity contribution in [2.75, 3.05) is 11.4 Å². The minimum atomic E-state index is -2.16. The zero-order chi connectivity index (χ0) is 19.8. The molecule has 0 aliphatic carbocycles. The number of benzene rings is 2. The van der Waals surface area contributed by atoms with E-state index in [-0.39, 0.29) is 23.4 Å². The fourth-order valence-electron chi connectivity index (χ4n) is 3.14. The summed E-state index contributed by atoms with van der Waals surface area (Å²) < 4.78 is 0.605. The molecule has 1 aliphatic rings. The summed E-state index contributed by atoms with van der Waals surface area (Å²) in [5.41, 5.74) is -2.08. The molecule has 3 rings (SSSR count). The van der Waals surface area contributed by atoms with Crippen LogP contribution in [0.15, 0.2) is 46.9 Å². The average Bonchev–Trinajstić information content (AvgIpc) is 2.83. The number of hydrogen-bond acceptors (Lipinski definition) is 5. The number of Topliss-reactive ketones (excluding diaryl/α,β-unsaturated/α-hetero) is 1. The van der Waals surface area contributed by atoms with Crippen molar-refractivity contribution < 1.29 is 19.6 Å². The number of anilines is 1. The topological polar surface area (TPSA) is 101 Å². The molecule has 0 bridgehead atoms. The second-order valence-electron chi connectivity index (χ2n) is 5.99. The fraction of sp³-hybridized carbons (Fsp3) is 0.158. The highest BCUT2D eigenvalue weighted by molar-refractivity contribution is 9.10. The van der Waals surface area contributed by atoms with Crippen molar-refractivity contribution in [1.29, 1.82) is 0 Å². The average molecular weight is 429 g/mol. The van der Waals surface area contributed by atoms with Crippen LogP contribution in [0, 0.1) is 22.5 Å². The van der Waals surface area contributed by atoms with E-state index >= 15 is 0 Å². The normalized spacial score (nSPS) is 18.1. The molecule has 8 heteroatoms. The Kier molecular flexibility index (Phi) is 4.83. The van der Waals surface area contributed by atoms with Gasteiger partial charge in [-0.15, -0.1) is 6.42 Å². The Morgan fingerprint density at radius 1 is 1.33 bits per heavy atom. The SMILES string of the molecule is C#CCN1C(=O)[C@@](O)(CC(=O)c2ccccc2[N+](=O)[O-])c2cc(Br)ccc21. The monoisotopic (exact) mass is 428 g/mol. The molecule has 1 aliphatic heterocycles. The number of carbonyl (C=O) groups is 2. The zero-order valence-electron chi connectivity index (χ0n) is 13.9. The lowest BCUT2D eigenvalue weighted by Crippen LogP contribution is -2.42. The Morgan fingerprint density at radius 3 is 2.70 bits per heavy atom. The van der Waals surface area contributed by atoms with E-state index in [2.05, 4.69) is 21.9 Å². The largest absolute Gasteiger partial charge is 0.375 e. The highest BCUT2D eigenvalue weighted by Gasteiger charge is 2.51. The van der Waals surface area contributed by atoms with E-state index in [0.29, 0.717) is 10.2 Å². The zero-order valence-corrected chi connectivity index (χ0v) is 15.5. The van der Waals surface area contributed by atoms with E-state index in [1.54, 1.807) is 12.1 Å². The van der Waals surface area contributed by atoms with Crippen LogP contribution in [0.1, 0.15) is 22.3 Å². The van der Waals surface area contributed by atoms with Crippen molar-refractivity contribution in [3.8, 4) is 12.3 Å². The molecule has 1 heterocycles. The van der Waals surface area contributed by atoms with Gasteiger partial charge in [0.05, 0.1) is 29.1 Å². The van der Waals surface area contributed by atoms with Crippen molar-refractivity contribution in [3.05, 3.63) is 68.2 Å². The highest BCUT2D eigenvalue weighted by Crippen LogP contribution is 2.44. The Balaban J connectivity index is 2.05. The summed E-state index contributed by atoms with van der Waals surface area (Å²) in [6.45, 7) is -0.0740. The first-order valence-electron chi connectivity index (χ1n) is 7.84. The summed E-state index contributed by atoms with van der Waals surface area (Å²) >= 11 is 3.28. The van der Waals surface area contributed by atoms with Crippen molar-refractivity contribution in [1.82, 2.24) is 0 Å². The van der Waals surface area contributed by atoms with Gasteiger partial charge >= 0.3 is 0 Å². The predicted molar refractivity (Wildman–Crippen MR) is 101 cm³/mol. The minimum Gasteiger partial charge on any atom is -0.375 e. The molecule has 0 aromatic heterocycles. The van der Waals surface area contributed by atoms with E-state index in [4.69, 9.17) is 6.42 Å². The maximum atomic E-state index is 12.9. The molecule has 7 nitrogen and oxygen atoms in total. The van der Waals surface area contributed by atoms with Gasteiger partial charge in [-0.05, 0) is 24.3 Å². The van der Waals surface area contributed by atoms with Crippen LogP contribution in [0.5, 0.6) is 0 Å². The number of ketones is 1. The molecule has 136 valence electrons. The summed E-state index contributed by atoms with van der Waals surface area (Å²) in [4.78, 5) is 37.3. The van der Waals surface area contributed by atoms with Gasteiger partial charge in [-0.1, -0.05) is 34.0 Å². The van der Waals surface area contributed by atoms with Gasteiger partial charge in [-0.3, -0.25) is 24.6 Å². The third-order valence-corrected chi connectivity index (χ3v) is 4.85. The summed E-state index contributed by atoms with van der Waals surface area (Å²) in [7, 11) is 0. The lowest BCUT2D eigenvalue weighted by molar-refractivity contribution is -0.385. The molecule has 0 saturated carbocycles. The molecular weight excluding hydrogens is 416 g/mol. The van der Waals surface area contributed by atoms with Gasteiger partial charge in [0, 0.05) is 16.1 Å². The van der Waals surface area contributed by atoms with Gasteiger partial charge in [-0.25, -0.2) is 0 Å². The molecule has 2 aromatic carbocycles. The summed E-state index contributed by atoms with van der Waals surface area (Å²) in [5.74, 6) is 0.899. The standard InChI is InChI=1S/C19H13BrN2O5/c1-2-9-21-16-8-7-12(20)10-14(16)19(25,18(21)24)11-17(23)13-5-3-4-6-15(13)22(26)27/h1,3-8,10,25H,9,11H2/t19-/m1/s1. The molecule has 27 heavy (non-hydrogen) atoms. The number of aliphatic hydroxyl groups is 1. The quantitative estimate of drug-likeness (QED) is 0.341. The summed E-state index contributed by atoms with van der Waals surface area (Å²) in [6.07, 6.45) is 4.68. The molecule has 1 atom stereocenters. The van der Waals surface area contributed by atoms with Crippen LogP contribution in [0.3, 0.4) is 0 Å².